The fourth-order valence-corrected chi connectivity index (χ4v) is 2.99. The number of carbonyl (C=O) groups excluding carboxylic acids is 1. The summed E-state index contributed by atoms with van der Waals surface area (Å²) < 4.78 is 5.26. The molecule has 1 amide bonds. The zero-order chi connectivity index (χ0) is 16.9. The van der Waals surface area contributed by atoms with Crippen LogP contribution >= 0.6 is 11.3 Å². The summed E-state index contributed by atoms with van der Waals surface area (Å²) in [5, 5.41) is 5.22. The number of nitrogens with one attached hydrogen (secondary N) is 1. The lowest BCUT2D eigenvalue weighted by molar-refractivity contribution is -0.115. The average Bonchev–Trinajstić information content (AvgIpc) is 3.03. The molecule has 24 heavy (non-hydrogen) atoms. The van der Waals surface area contributed by atoms with Gasteiger partial charge in [-0.15, -0.1) is 11.3 Å². The number of nitrogens with two attached hydrogens (primary N) is 1. The number of nitrogen functional groups attached to an aromatic ring is 1. The van der Waals surface area contributed by atoms with Gasteiger partial charge in [0.1, 0.15) is 11.6 Å². The predicted octanol–water partition coefficient (Wildman–Crippen LogP) is 2.98. The quantitative estimate of drug-likeness (QED) is 0.745. The Morgan fingerprint density at radius 3 is 2.96 bits per heavy atom. The average molecular weight is 340 g/mol. The Bertz CT molecular complexity index is 863. The van der Waals surface area contributed by atoms with Crippen molar-refractivity contribution in [3.63, 3.8) is 0 Å². The van der Waals surface area contributed by atoms with Crippen molar-refractivity contribution in [3.05, 3.63) is 53.5 Å². The molecule has 0 aliphatic rings. The molecule has 0 atom stereocenters. The van der Waals surface area contributed by atoms with Gasteiger partial charge in [-0.25, -0.2) is 9.97 Å². The summed E-state index contributed by atoms with van der Waals surface area (Å²) in [6.45, 7) is 0. The predicted molar refractivity (Wildman–Crippen MR) is 95.1 cm³/mol. The Morgan fingerprint density at radius 2 is 2.17 bits per heavy atom. The molecule has 0 saturated carbocycles. The molecule has 0 saturated heterocycles. The van der Waals surface area contributed by atoms with Crippen molar-refractivity contribution in [2.75, 3.05) is 18.2 Å². The molecular weight excluding hydrogens is 324 g/mol. The third-order valence-corrected chi connectivity index (χ3v) is 4.13. The lowest BCUT2D eigenvalue weighted by atomic mass is 10.1. The molecule has 122 valence electrons. The maximum atomic E-state index is 12.2. The highest BCUT2D eigenvalue weighted by molar-refractivity contribution is 7.14. The van der Waals surface area contributed by atoms with Crippen LogP contribution in [0, 0.1) is 0 Å². The van der Waals surface area contributed by atoms with Gasteiger partial charge in [0, 0.05) is 22.7 Å². The van der Waals surface area contributed by atoms with Crippen LogP contribution in [0.4, 0.5) is 10.9 Å². The molecule has 2 aromatic heterocycles. The van der Waals surface area contributed by atoms with E-state index in [0.29, 0.717) is 16.7 Å². The first-order chi connectivity index (χ1) is 11.7. The van der Waals surface area contributed by atoms with E-state index in [2.05, 4.69) is 15.3 Å². The maximum absolute atomic E-state index is 12.2. The van der Waals surface area contributed by atoms with Gasteiger partial charge in [-0.2, -0.15) is 0 Å². The molecule has 0 spiro atoms. The molecule has 6 nitrogen and oxygen atoms in total. The smallest absolute Gasteiger partial charge is 0.230 e. The van der Waals surface area contributed by atoms with Gasteiger partial charge >= 0.3 is 0 Å². The number of para-hydroxylation sites is 1. The lowest BCUT2D eigenvalue weighted by Gasteiger charge is -2.07. The van der Waals surface area contributed by atoms with Crippen LogP contribution in [-0.4, -0.2) is 23.0 Å². The van der Waals surface area contributed by atoms with E-state index in [0.717, 1.165) is 16.8 Å². The minimum absolute atomic E-state index is 0.144. The van der Waals surface area contributed by atoms with Gasteiger partial charge in [0.15, 0.2) is 5.13 Å². The van der Waals surface area contributed by atoms with Crippen LogP contribution in [0.1, 0.15) is 5.56 Å². The Labute approximate surface area is 143 Å². The molecule has 3 N–H and O–H groups in total. The van der Waals surface area contributed by atoms with Crippen molar-refractivity contribution >= 4 is 28.2 Å². The molecule has 1 aromatic carbocycles. The molecule has 3 rings (SSSR count). The van der Waals surface area contributed by atoms with E-state index < -0.39 is 0 Å². The van der Waals surface area contributed by atoms with Crippen molar-refractivity contribution in [1.82, 2.24) is 9.97 Å². The Balaban J connectivity index is 1.69. The number of carbonyl (C=O) groups is 1. The van der Waals surface area contributed by atoms with Crippen LogP contribution in [0.3, 0.4) is 0 Å². The summed E-state index contributed by atoms with van der Waals surface area (Å²) in [6.07, 6.45) is 1.85. The first kappa shape index (κ1) is 15.9. The van der Waals surface area contributed by atoms with Crippen LogP contribution in [-0.2, 0) is 11.2 Å². The number of benzene rings is 1. The molecule has 0 radical (unpaired) electrons. The van der Waals surface area contributed by atoms with Gasteiger partial charge in [0.05, 0.1) is 19.2 Å². The monoisotopic (exact) mass is 340 g/mol. The summed E-state index contributed by atoms with van der Waals surface area (Å²) >= 11 is 1.36. The maximum Gasteiger partial charge on any atom is 0.230 e. The SMILES string of the molecule is COc1ccccc1CC(=O)Nc1nc(-c2ccnc(N)c2)cs1. The lowest BCUT2D eigenvalue weighted by Crippen LogP contribution is -2.14. The van der Waals surface area contributed by atoms with E-state index >= 15 is 0 Å². The number of ether oxygens (including phenoxy) is 1. The molecule has 0 bridgehead atoms. The summed E-state index contributed by atoms with van der Waals surface area (Å²) in [5.74, 6) is 0.983. The van der Waals surface area contributed by atoms with Crippen molar-refractivity contribution in [2.24, 2.45) is 0 Å². The zero-order valence-electron chi connectivity index (χ0n) is 13.0. The van der Waals surface area contributed by atoms with E-state index in [1.807, 2.05) is 35.7 Å². The zero-order valence-corrected chi connectivity index (χ0v) is 13.8. The minimum atomic E-state index is -0.144. The van der Waals surface area contributed by atoms with Gasteiger partial charge in [-0.1, -0.05) is 18.2 Å². The van der Waals surface area contributed by atoms with Crippen LogP contribution in [0.15, 0.2) is 48.0 Å². The Kier molecular flexibility index (Phi) is 4.72. The molecule has 3 aromatic rings. The number of pyridine rings is 1. The number of hydrogen-bond acceptors (Lipinski definition) is 6. The number of aromatic nitrogens is 2. The van der Waals surface area contributed by atoms with E-state index in [1.54, 1.807) is 19.4 Å². The fraction of sp³-hybridized carbons (Fsp3) is 0.118. The number of rotatable bonds is 5. The normalized spacial score (nSPS) is 10.4. The van der Waals surface area contributed by atoms with Gasteiger partial charge in [0.25, 0.3) is 0 Å². The standard InChI is InChI=1S/C17H16N4O2S/c1-23-14-5-3-2-4-12(14)9-16(22)21-17-20-13(10-24-17)11-6-7-19-15(18)8-11/h2-8,10H,9H2,1H3,(H2,18,19)(H,20,21,22). The number of anilines is 2. The van der Waals surface area contributed by atoms with Gasteiger partial charge in [-0.3, -0.25) is 4.79 Å². The van der Waals surface area contributed by atoms with Crippen molar-refractivity contribution < 1.29 is 9.53 Å². The number of methoxy groups -OCH3 is 1. The highest BCUT2D eigenvalue weighted by Gasteiger charge is 2.11. The van der Waals surface area contributed by atoms with Crippen molar-refractivity contribution in [3.8, 4) is 17.0 Å². The molecule has 0 fully saturated rings. The second kappa shape index (κ2) is 7.10. The minimum Gasteiger partial charge on any atom is -0.496 e. The van der Waals surface area contributed by atoms with Crippen LogP contribution < -0.4 is 15.8 Å². The second-order valence-electron chi connectivity index (χ2n) is 5.04. The van der Waals surface area contributed by atoms with E-state index in [1.165, 1.54) is 11.3 Å². The molecule has 0 aliphatic carbocycles. The van der Waals surface area contributed by atoms with Crippen molar-refractivity contribution in [1.29, 1.82) is 0 Å². The largest absolute Gasteiger partial charge is 0.496 e. The molecule has 0 aliphatic heterocycles. The van der Waals surface area contributed by atoms with Gasteiger partial charge in [-0.05, 0) is 18.2 Å². The first-order valence-corrected chi connectivity index (χ1v) is 8.13. The van der Waals surface area contributed by atoms with E-state index in [9.17, 15) is 4.79 Å². The van der Waals surface area contributed by atoms with E-state index in [4.69, 9.17) is 10.5 Å². The highest BCUT2D eigenvalue weighted by Crippen LogP contribution is 2.26. The summed E-state index contributed by atoms with van der Waals surface area (Å²) in [7, 11) is 1.59. The molecule has 7 heteroatoms. The fourth-order valence-electron chi connectivity index (χ4n) is 2.26. The number of nitrogens with zero attached hydrogens (tertiary/aromatic N) is 2. The molecule has 2 heterocycles. The number of amides is 1. The van der Waals surface area contributed by atoms with E-state index in [-0.39, 0.29) is 12.3 Å². The highest BCUT2D eigenvalue weighted by atomic mass is 32.1. The summed E-state index contributed by atoms with van der Waals surface area (Å²) in [5.41, 5.74) is 8.13. The molecule has 0 unspecified atom stereocenters. The second-order valence-corrected chi connectivity index (χ2v) is 5.90. The third kappa shape index (κ3) is 3.69. The first-order valence-electron chi connectivity index (χ1n) is 7.25. The van der Waals surface area contributed by atoms with Gasteiger partial charge in [0.2, 0.25) is 5.91 Å². The van der Waals surface area contributed by atoms with Crippen LogP contribution in [0.2, 0.25) is 0 Å². The van der Waals surface area contributed by atoms with Gasteiger partial charge < -0.3 is 15.8 Å². The van der Waals surface area contributed by atoms with Crippen molar-refractivity contribution in [2.45, 2.75) is 6.42 Å². The number of thiazole rings is 1. The number of hydrogen-bond donors (Lipinski definition) is 2. The Hall–Kier alpha value is -2.93. The topological polar surface area (TPSA) is 90.1 Å². The third-order valence-electron chi connectivity index (χ3n) is 3.37. The van der Waals surface area contributed by atoms with Crippen LogP contribution in [0.25, 0.3) is 11.3 Å². The summed E-state index contributed by atoms with van der Waals surface area (Å²) in [4.78, 5) is 20.6. The Morgan fingerprint density at radius 1 is 1.33 bits per heavy atom. The molecular formula is C17H16N4O2S. The summed E-state index contributed by atoms with van der Waals surface area (Å²) in [6, 6.07) is 11.0. The van der Waals surface area contributed by atoms with Crippen LogP contribution in [0.5, 0.6) is 5.75 Å².